The highest BCUT2D eigenvalue weighted by Crippen LogP contribution is 1.95. The Morgan fingerprint density at radius 3 is 2.64 bits per heavy atom. The molecule has 0 fully saturated rings. The fourth-order valence-corrected chi connectivity index (χ4v) is 0.573. The lowest BCUT2D eigenvalue weighted by molar-refractivity contribution is -0.140. The lowest BCUT2D eigenvalue weighted by Crippen LogP contribution is -1.98. The molecule has 0 amide bonds. The molecular formula is C9H14O2. The Kier molecular flexibility index (Phi) is 5.17. The maximum Gasteiger partial charge on any atom is 0.302 e. The van der Waals surface area contributed by atoms with Crippen molar-refractivity contribution in [3.63, 3.8) is 0 Å². The molecular weight excluding hydrogens is 140 g/mol. The minimum Gasteiger partial charge on any atom is -0.466 e. The van der Waals surface area contributed by atoms with Gasteiger partial charge in [-0.15, -0.1) is 0 Å². The number of hydrogen-bond acceptors (Lipinski definition) is 2. The summed E-state index contributed by atoms with van der Waals surface area (Å²) in [7, 11) is 0. The van der Waals surface area contributed by atoms with E-state index in [0.29, 0.717) is 6.61 Å². The molecule has 0 aliphatic carbocycles. The van der Waals surface area contributed by atoms with Crippen LogP contribution in [-0.2, 0) is 9.53 Å². The fourth-order valence-electron chi connectivity index (χ4n) is 0.573. The van der Waals surface area contributed by atoms with Gasteiger partial charge < -0.3 is 4.74 Å². The maximum absolute atomic E-state index is 10.3. The molecule has 0 atom stereocenters. The molecule has 0 saturated heterocycles. The maximum atomic E-state index is 10.3. The summed E-state index contributed by atoms with van der Waals surface area (Å²) in [6, 6.07) is 0. The molecule has 11 heavy (non-hydrogen) atoms. The van der Waals surface area contributed by atoms with Crippen LogP contribution in [0.2, 0.25) is 0 Å². The van der Waals surface area contributed by atoms with Crippen LogP contribution in [0.4, 0.5) is 0 Å². The molecule has 0 aromatic heterocycles. The first-order valence-electron chi connectivity index (χ1n) is 3.59. The predicted molar refractivity (Wildman–Crippen MR) is 45.2 cm³/mol. The molecule has 0 radical (unpaired) electrons. The smallest absolute Gasteiger partial charge is 0.302 e. The number of carbonyl (C=O) groups excluding carboxylic acids is 1. The standard InChI is InChI=1S/C9H14O2/c1-4-8(2)6-5-7-11-9(3)10/h4,6H,1,5,7H2,2-3H3. The molecule has 0 aromatic rings. The lowest BCUT2D eigenvalue weighted by atomic mass is 10.2. The average Bonchev–Trinajstić information content (AvgIpc) is 1.97. The Labute approximate surface area is 67.6 Å². The SMILES string of the molecule is C=CC(C)=CCCOC(C)=O. The summed E-state index contributed by atoms with van der Waals surface area (Å²) in [6.45, 7) is 7.42. The third kappa shape index (κ3) is 6.84. The van der Waals surface area contributed by atoms with E-state index in [-0.39, 0.29) is 5.97 Å². The first-order valence-corrected chi connectivity index (χ1v) is 3.59. The van der Waals surface area contributed by atoms with E-state index in [1.54, 1.807) is 6.08 Å². The molecule has 0 aliphatic rings. The van der Waals surface area contributed by atoms with E-state index in [9.17, 15) is 4.79 Å². The average molecular weight is 154 g/mol. The summed E-state index contributed by atoms with van der Waals surface area (Å²) in [5.74, 6) is -0.227. The quantitative estimate of drug-likeness (QED) is 0.352. The van der Waals surface area contributed by atoms with Crippen molar-refractivity contribution in [2.24, 2.45) is 0 Å². The summed E-state index contributed by atoms with van der Waals surface area (Å²) in [5.41, 5.74) is 1.11. The molecule has 0 aromatic carbocycles. The van der Waals surface area contributed by atoms with E-state index < -0.39 is 0 Å². The second kappa shape index (κ2) is 5.71. The van der Waals surface area contributed by atoms with Gasteiger partial charge >= 0.3 is 5.97 Å². The Hall–Kier alpha value is -1.05. The third-order valence-corrected chi connectivity index (χ3v) is 1.21. The summed E-state index contributed by atoms with van der Waals surface area (Å²) in [4.78, 5) is 10.3. The molecule has 2 nitrogen and oxygen atoms in total. The van der Waals surface area contributed by atoms with Gasteiger partial charge in [0.25, 0.3) is 0 Å². The van der Waals surface area contributed by atoms with Gasteiger partial charge in [0.2, 0.25) is 0 Å². The van der Waals surface area contributed by atoms with Crippen molar-refractivity contribution < 1.29 is 9.53 Å². The van der Waals surface area contributed by atoms with Crippen LogP contribution < -0.4 is 0 Å². The summed E-state index contributed by atoms with van der Waals surface area (Å²) >= 11 is 0. The molecule has 0 saturated carbocycles. The van der Waals surface area contributed by atoms with Crippen molar-refractivity contribution in [3.05, 3.63) is 24.3 Å². The van der Waals surface area contributed by atoms with E-state index in [4.69, 9.17) is 4.74 Å². The summed E-state index contributed by atoms with van der Waals surface area (Å²) in [5, 5.41) is 0. The summed E-state index contributed by atoms with van der Waals surface area (Å²) in [6.07, 6.45) is 4.52. The number of carbonyl (C=O) groups is 1. The normalized spacial score (nSPS) is 10.9. The highest BCUT2D eigenvalue weighted by molar-refractivity contribution is 5.65. The number of esters is 1. The molecule has 0 aliphatic heterocycles. The number of allylic oxidation sites excluding steroid dienone is 2. The van der Waals surface area contributed by atoms with Gasteiger partial charge in [0.05, 0.1) is 6.61 Å². The van der Waals surface area contributed by atoms with Gasteiger partial charge in [0.15, 0.2) is 0 Å². The van der Waals surface area contributed by atoms with Crippen LogP contribution in [0.15, 0.2) is 24.3 Å². The zero-order valence-electron chi connectivity index (χ0n) is 7.09. The Morgan fingerprint density at radius 1 is 1.55 bits per heavy atom. The third-order valence-electron chi connectivity index (χ3n) is 1.21. The van der Waals surface area contributed by atoms with Gasteiger partial charge in [-0.25, -0.2) is 0 Å². The highest BCUT2D eigenvalue weighted by Gasteiger charge is 1.89. The van der Waals surface area contributed by atoms with E-state index in [0.717, 1.165) is 12.0 Å². The molecule has 0 unspecified atom stereocenters. The largest absolute Gasteiger partial charge is 0.466 e. The molecule has 0 rings (SSSR count). The van der Waals surface area contributed by atoms with Crippen LogP contribution >= 0.6 is 0 Å². The zero-order chi connectivity index (χ0) is 8.69. The van der Waals surface area contributed by atoms with Gasteiger partial charge in [-0.1, -0.05) is 24.3 Å². The van der Waals surface area contributed by atoms with E-state index in [1.807, 2.05) is 13.0 Å². The van der Waals surface area contributed by atoms with Crippen LogP contribution in [-0.4, -0.2) is 12.6 Å². The topological polar surface area (TPSA) is 26.3 Å². The van der Waals surface area contributed by atoms with Crippen LogP contribution in [0.5, 0.6) is 0 Å². The number of hydrogen-bond donors (Lipinski definition) is 0. The van der Waals surface area contributed by atoms with Crippen molar-refractivity contribution in [2.45, 2.75) is 20.3 Å². The van der Waals surface area contributed by atoms with Crippen molar-refractivity contribution in [1.29, 1.82) is 0 Å². The monoisotopic (exact) mass is 154 g/mol. The van der Waals surface area contributed by atoms with Crippen LogP contribution in [0.25, 0.3) is 0 Å². The van der Waals surface area contributed by atoms with Crippen LogP contribution in [0, 0.1) is 0 Å². The van der Waals surface area contributed by atoms with Gasteiger partial charge in [0.1, 0.15) is 0 Å². The fraction of sp³-hybridized carbons (Fsp3) is 0.444. The predicted octanol–water partition coefficient (Wildman–Crippen LogP) is 2.07. The highest BCUT2D eigenvalue weighted by atomic mass is 16.5. The summed E-state index contributed by atoms with van der Waals surface area (Å²) < 4.78 is 4.72. The molecule has 0 spiro atoms. The molecule has 0 bridgehead atoms. The van der Waals surface area contributed by atoms with Crippen molar-refractivity contribution in [1.82, 2.24) is 0 Å². The Bertz CT molecular complexity index is 168. The minimum atomic E-state index is -0.227. The number of ether oxygens (including phenoxy) is 1. The van der Waals surface area contributed by atoms with Crippen LogP contribution in [0.3, 0.4) is 0 Å². The van der Waals surface area contributed by atoms with E-state index in [1.165, 1.54) is 6.92 Å². The van der Waals surface area contributed by atoms with Crippen molar-refractivity contribution in [2.75, 3.05) is 6.61 Å². The van der Waals surface area contributed by atoms with Crippen molar-refractivity contribution in [3.8, 4) is 0 Å². The Balaban J connectivity index is 3.41. The molecule has 0 N–H and O–H groups in total. The first kappa shape index (κ1) is 9.95. The lowest BCUT2D eigenvalue weighted by Gasteiger charge is -1.97. The van der Waals surface area contributed by atoms with E-state index >= 15 is 0 Å². The van der Waals surface area contributed by atoms with Gasteiger partial charge in [-0.3, -0.25) is 4.79 Å². The zero-order valence-corrected chi connectivity index (χ0v) is 7.09. The minimum absolute atomic E-state index is 0.227. The van der Waals surface area contributed by atoms with Gasteiger partial charge in [0, 0.05) is 13.3 Å². The van der Waals surface area contributed by atoms with Gasteiger partial charge in [-0.05, 0) is 6.92 Å². The molecule has 62 valence electrons. The van der Waals surface area contributed by atoms with Gasteiger partial charge in [-0.2, -0.15) is 0 Å². The molecule has 0 heterocycles. The first-order chi connectivity index (χ1) is 5.16. The molecule has 2 heteroatoms. The second-order valence-electron chi connectivity index (χ2n) is 2.28. The second-order valence-corrected chi connectivity index (χ2v) is 2.28. The van der Waals surface area contributed by atoms with Crippen LogP contribution in [0.1, 0.15) is 20.3 Å². The van der Waals surface area contributed by atoms with Crippen molar-refractivity contribution >= 4 is 5.97 Å². The number of rotatable bonds is 4. The van der Waals surface area contributed by atoms with E-state index in [2.05, 4.69) is 6.58 Å². The Morgan fingerprint density at radius 2 is 2.18 bits per heavy atom.